The molecular formula is C9H16N4O. The van der Waals surface area contributed by atoms with Gasteiger partial charge in [-0.15, -0.1) is 0 Å². The predicted molar refractivity (Wildman–Crippen MR) is 53.8 cm³/mol. The molecule has 1 rings (SSSR count). The molecule has 78 valence electrons. The lowest BCUT2D eigenvalue weighted by atomic mass is 10.3. The van der Waals surface area contributed by atoms with E-state index in [1.165, 1.54) is 0 Å². The summed E-state index contributed by atoms with van der Waals surface area (Å²) in [6.45, 7) is 3.42. The van der Waals surface area contributed by atoms with Crippen LogP contribution < -0.4 is 10.6 Å². The molecule has 5 nitrogen and oxygen atoms in total. The summed E-state index contributed by atoms with van der Waals surface area (Å²) in [6.07, 6.45) is 5.39. The first-order chi connectivity index (χ1) is 6.74. The van der Waals surface area contributed by atoms with Gasteiger partial charge in [0.25, 0.3) is 0 Å². The molecule has 0 aliphatic heterocycles. The second-order valence-electron chi connectivity index (χ2n) is 3.09. The van der Waals surface area contributed by atoms with E-state index in [-0.39, 0.29) is 11.9 Å². The molecule has 0 spiro atoms. The SMILES string of the molecule is CNC(=O)C(C)NCCn1ccnc1. The molecule has 0 radical (unpaired) electrons. The summed E-state index contributed by atoms with van der Waals surface area (Å²) < 4.78 is 1.96. The van der Waals surface area contributed by atoms with Crippen LogP contribution in [0.15, 0.2) is 18.7 Å². The Hall–Kier alpha value is -1.36. The highest BCUT2D eigenvalue weighted by Gasteiger charge is 2.08. The van der Waals surface area contributed by atoms with Gasteiger partial charge in [0.2, 0.25) is 5.91 Å². The van der Waals surface area contributed by atoms with Crippen LogP contribution >= 0.6 is 0 Å². The van der Waals surface area contributed by atoms with Gasteiger partial charge in [-0.3, -0.25) is 4.79 Å². The van der Waals surface area contributed by atoms with E-state index >= 15 is 0 Å². The zero-order valence-corrected chi connectivity index (χ0v) is 8.53. The van der Waals surface area contributed by atoms with Crippen molar-refractivity contribution in [3.63, 3.8) is 0 Å². The zero-order chi connectivity index (χ0) is 10.4. The molecule has 1 aromatic rings. The quantitative estimate of drug-likeness (QED) is 0.674. The summed E-state index contributed by atoms with van der Waals surface area (Å²) >= 11 is 0. The van der Waals surface area contributed by atoms with E-state index in [1.54, 1.807) is 19.6 Å². The minimum absolute atomic E-state index is 0.00984. The summed E-state index contributed by atoms with van der Waals surface area (Å²) in [5.41, 5.74) is 0. The minimum atomic E-state index is -0.150. The monoisotopic (exact) mass is 196 g/mol. The van der Waals surface area contributed by atoms with Gasteiger partial charge in [0, 0.05) is 32.5 Å². The molecule has 5 heteroatoms. The molecule has 0 aliphatic carbocycles. The molecule has 1 atom stereocenters. The van der Waals surface area contributed by atoms with Gasteiger partial charge in [-0.2, -0.15) is 0 Å². The largest absolute Gasteiger partial charge is 0.358 e. The normalized spacial score (nSPS) is 12.4. The first kappa shape index (κ1) is 10.7. The predicted octanol–water partition coefficient (Wildman–Crippen LogP) is -0.393. The fraction of sp³-hybridized carbons (Fsp3) is 0.556. The highest BCUT2D eigenvalue weighted by Crippen LogP contribution is 1.85. The maximum atomic E-state index is 11.1. The standard InChI is InChI=1S/C9H16N4O/c1-8(9(14)10-2)12-4-6-13-5-3-11-7-13/h3,5,7-8,12H,4,6H2,1-2H3,(H,10,14). The number of carbonyl (C=O) groups excluding carboxylic acids is 1. The van der Waals surface area contributed by atoms with Crippen LogP contribution in [0, 0.1) is 0 Å². The number of rotatable bonds is 5. The number of nitrogens with one attached hydrogen (secondary N) is 2. The lowest BCUT2D eigenvalue weighted by molar-refractivity contribution is -0.122. The van der Waals surface area contributed by atoms with Gasteiger partial charge in [-0.1, -0.05) is 0 Å². The van der Waals surface area contributed by atoms with Crippen molar-refractivity contribution in [1.82, 2.24) is 20.2 Å². The second kappa shape index (κ2) is 5.39. The zero-order valence-electron chi connectivity index (χ0n) is 8.53. The maximum absolute atomic E-state index is 11.1. The van der Waals surface area contributed by atoms with Gasteiger partial charge < -0.3 is 15.2 Å². The molecule has 14 heavy (non-hydrogen) atoms. The molecule has 0 aliphatic rings. The van der Waals surface area contributed by atoms with Crippen molar-refractivity contribution in [2.75, 3.05) is 13.6 Å². The third-order valence-electron chi connectivity index (χ3n) is 2.02. The summed E-state index contributed by atoms with van der Waals surface area (Å²) in [5, 5.41) is 5.70. The van der Waals surface area contributed by atoms with Crippen molar-refractivity contribution in [3.8, 4) is 0 Å². The van der Waals surface area contributed by atoms with Gasteiger partial charge in [0.1, 0.15) is 0 Å². The van der Waals surface area contributed by atoms with Crippen LogP contribution in [0.4, 0.5) is 0 Å². The Morgan fingerprint density at radius 1 is 1.64 bits per heavy atom. The number of aromatic nitrogens is 2. The lowest BCUT2D eigenvalue weighted by Gasteiger charge is -2.11. The molecule has 1 amide bonds. The van der Waals surface area contributed by atoms with E-state index in [4.69, 9.17) is 0 Å². The molecular weight excluding hydrogens is 180 g/mol. The van der Waals surface area contributed by atoms with Crippen LogP contribution in [0.2, 0.25) is 0 Å². The number of likely N-dealkylation sites (N-methyl/N-ethyl adjacent to an activating group) is 1. The average molecular weight is 196 g/mol. The van der Waals surface area contributed by atoms with Gasteiger partial charge >= 0.3 is 0 Å². The third kappa shape index (κ3) is 3.18. The van der Waals surface area contributed by atoms with E-state index in [2.05, 4.69) is 15.6 Å². The second-order valence-corrected chi connectivity index (χ2v) is 3.09. The molecule has 0 fully saturated rings. The van der Waals surface area contributed by atoms with Crippen molar-refractivity contribution < 1.29 is 4.79 Å². The highest BCUT2D eigenvalue weighted by molar-refractivity contribution is 5.80. The Balaban J connectivity index is 2.18. The van der Waals surface area contributed by atoms with Crippen molar-refractivity contribution in [3.05, 3.63) is 18.7 Å². The van der Waals surface area contributed by atoms with Crippen molar-refractivity contribution in [2.24, 2.45) is 0 Å². The molecule has 0 bridgehead atoms. The third-order valence-corrected chi connectivity index (χ3v) is 2.02. The first-order valence-electron chi connectivity index (χ1n) is 4.64. The van der Waals surface area contributed by atoms with Gasteiger partial charge in [-0.05, 0) is 6.92 Å². The van der Waals surface area contributed by atoms with E-state index < -0.39 is 0 Å². The molecule has 1 heterocycles. The Labute approximate surface area is 83.5 Å². The van der Waals surface area contributed by atoms with Crippen LogP contribution in [0.3, 0.4) is 0 Å². The summed E-state index contributed by atoms with van der Waals surface area (Å²) in [4.78, 5) is 15.0. The maximum Gasteiger partial charge on any atom is 0.236 e. The van der Waals surface area contributed by atoms with Crippen LogP contribution in [0.5, 0.6) is 0 Å². The van der Waals surface area contributed by atoms with Crippen LogP contribution in [-0.2, 0) is 11.3 Å². The number of hydrogen-bond acceptors (Lipinski definition) is 3. The summed E-state index contributed by atoms with van der Waals surface area (Å²) in [5.74, 6) is 0.00984. The van der Waals surface area contributed by atoms with Crippen LogP contribution in [0.25, 0.3) is 0 Å². The summed E-state index contributed by atoms with van der Waals surface area (Å²) in [7, 11) is 1.64. The Morgan fingerprint density at radius 2 is 2.43 bits per heavy atom. The van der Waals surface area contributed by atoms with Crippen molar-refractivity contribution >= 4 is 5.91 Å². The molecule has 1 aromatic heterocycles. The molecule has 0 aromatic carbocycles. The Bertz CT molecular complexity index is 270. The number of imidazole rings is 1. The summed E-state index contributed by atoms with van der Waals surface area (Å²) in [6, 6.07) is -0.150. The minimum Gasteiger partial charge on any atom is -0.358 e. The fourth-order valence-corrected chi connectivity index (χ4v) is 1.14. The van der Waals surface area contributed by atoms with Gasteiger partial charge in [-0.25, -0.2) is 4.98 Å². The Morgan fingerprint density at radius 3 is 3.00 bits per heavy atom. The van der Waals surface area contributed by atoms with E-state index in [9.17, 15) is 4.79 Å². The van der Waals surface area contributed by atoms with Crippen LogP contribution in [-0.4, -0.2) is 35.1 Å². The lowest BCUT2D eigenvalue weighted by Crippen LogP contribution is -2.41. The number of hydrogen-bond donors (Lipinski definition) is 2. The van der Waals surface area contributed by atoms with Gasteiger partial charge in [0.15, 0.2) is 0 Å². The first-order valence-corrected chi connectivity index (χ1v) is 4.64. The number of amides is 1. The highest BCUT2D eigenvalue weighted by atomic mass is 16.2. The van der Waals surface area contributed by atoms with E-state index in [1.807, 2.05) is 17.7 Å². The van der Waals surface area contributed by atoms with Crippen molar-refractivity contribution in [1.29, 1.82) is 0 Å². The number of carbonyl (C=O) groups is 1. The smallest absolute Gasteiger partial charge is 0.236 e. The molecule has 1 unspecified atom stereocenters. The van der Waals surface area contributed by atoms with E-state index in [0.717, 1.165) is 13.1 Å². The van der Waals surface area contributed by atoms with Crippen molar-refractivity contribution in [2.45, 2.75) is 19.5 Å². The average Bonchev–Trinajstić information content (AvgIpc) is 2.69. The number of nitrogens with zero attached hydrogens (tertiary/aromatic N) is 2. The Kier molecular flexibility index (Phi) is 4.12. The fourth-order valence-electron chi connectivity index (χ4n) is 1.14. The topological polar surface area (TPSA) is 59.0 Å². The molecule has 0 saturated carbocycles. The molecule has 0 saturated heterocycles. The van der Waals surface area contributed by atoms with E-state index in [0.29, 0.717) is 0 Å². The molecule has 2 N–H and O–H groups in total. The van der Waals surface area contributed by atoms with Gasteiger partial charge in [0.05, 0.1) is 12.4 Å². The van der Waals surface area contributed by atoms with Crippen LogP contribution in [0.1, 0.15) is 6.92 Å².